The van der Waals surface area contributed by atoms with Crippen LogP contribution in [0.4, 0.5) is 10.5 Å². The van der Waals surface area contributed by atoms with Crippen molar-refractivity contribution < 1.29 is 22.7 Å². The Morgan fingerprint density at radius 3 is 2.18 bits per heavy atom. The number of urea groups is 1. The second-order valence-corrected chi connectivity index (χ2v) is 8.33. The van der Waals surface area contributed by atoms with Crippen LogP contribution >= 0.6 is 11.6 Å². The van der Waals surface area contributed by atoms with Crippen molar-refractivity contribution in [3.8, 4) is 0 Å². The van der Waals surface area contributed by atoms with Gasteiger partial charge in [0.2, 0.25) is 10.0 Å². The van der Waals surface area contributed by atoms with Crippen LogP contribution in [-0.4, -0.2) is 51.0 Å². The molecule has 148 valence electrons. The third-order valence-corrected chi connectivity index (χ3v) is 6.22. The second kappa shape index (κ2) is 8.70. The van der Waals surface area contributed by atoms with Crippen molar-refractivity contribution in [3.63, 3.8) is 0 Å². The standard InChI is InChI=1S/C18H18ClN3O5S/c19-14-3-5-15(6-4-14)20-18(24)21-17(23)13-1-7-16(8-2-13)28(25,26)22-9-11-27-12-10-22/h1-8H,9-12H2,(H2,20,21,23,24). The molecule has 1 heterocycles. The van der Waals surface area contributed by atoms with E-state index in [0.717, 1.165) is 0 Å². The van der Waals surface area contributed by atoms with Crippen molar-refractivity contribution in [3.05, 3.63) is 59.1 Å². The number of morpholine rings is 1. The van der Waals surface area contributed by atoms with Crippen molar-refractivity contribution >= 4 is 39.2 Å². The van der Waals surface area contributed by atoms with Gasteiger partial charge in [0.15, 0.2) is 0 Å². The number of benzene rings is 2. The van der Waals surface area contributed by atoms with Crippen LogP contribution in [0.15, 0.2) is 53.4 Å². The molecule has 1 aliphatic rings. The van der Waals surface area contributed by atoms with Gasteiger partial charge < -0.3 is 10.1 Å². The molecule has 2 aromatic carbocycles. The van der Waals surface area contributed by atoms with Crippen LogP contribution in [0, 0.1) is 0 Å². The number of rotatable bonds is 4. The predicted octanol–water partition coefficient (Wildman–Crippen LogP) is 2.32. The minimum atomic E-state index is -3.64. The average Bonchev–Trinajstić information content (AvgIpc) is 2.70. The maximum Gasteiger partial charge on any atom is 0.326 e. The molecule has 0 saturated carbocycles. The van der Waals surface area contributed by atoms with E-state index < -0.39 is 22.0 Å². The Bertz CT molecular complexity index is 956. The van der Waals surface area contributed by atoms with Gasteiger partial charge in [-0.2, -0.15) is 4.31 Å². The number of imide groups is 1. The summed E-state index contributed by atoms with van der Waals surface area (Å²) in [7, 11) is -3.64. The van der Waals surface area contributed by atoms with E-state index in [2.05, 4.69) is 10.6 Å². The third-order valence-electron chi connectivity index (χ3n) is 4.05. The lowest BCUT2D eigenvalue weighted by Crippen LogP contribution is -2.40. The number of amides is 3. The summed E-state index contributed by atoms with van der Waals surface area (Å²) in [4.78, 5) is 24.2. The molecule has 0 aliphatic carbocycles. The van der Waals surface area contributed by atoms with Gasteiger partial charge in [-0.3, -0.25) is 10.1 Å². The normalized spacial score (nSPS) is 15.0. The van der Waals surface area contributed by atoms with Crippen molar-refractivity contribution in [2.45, 2.75) is 4.90 Å². The molecule has 0 unspecified atom stereocenters. The van der Waals surface area contributed by atoms with Gasteiger partial charge >= 0.3 is 6.03 Å². The molecule has 0 spiro atoms. The highest BCUT2D eigenvalue weighted by Gasteiger charge is 2.26. The minimum Gasteiger partial charge on any atom is -0.379 e. The lowest BCUT2D eigenvalue weighted by molar-refractivity contribution is 0.0730. The number of nitrogens with one attached hydrogen (secondary N) is 2. The fraction of sp³-hybridized carbons (Fsp3) is 0.222. The van der Waals surface area contributed by atoms with Gasteiger partial charge in [-0.15, -0.1) is 0 Å². The first kappa shape index (κ1) is 20.3. The van der Waals surface area contributed by atoms with Crippen LogP contribution < -0.4 is 10.6 Å². The molecule has 3 rings (SSSR count). The van der Waals surface area contributed by atoms with Crippen molar-refractivity contribution in [1.82, 2.24) is 9.62 Å². The van der Waals surface area contributed by atoms with Gasteiger partial charge in [-0.05, 0) is 48.5 Å². The van der Waals surface area contributed by atoms with Crippen molar-refractivity contribution in [2.75, 3.05) is 31.6 Å². The van der Waals surface area contributed by atoms with Crippen molar-refractivity contribution in [1.29, 1.82) is 0 Å². The molecule has 10 heteroatoms. The molecular formula is C18H18ClN3O5S. The van der Waals surface area contributed by atoms with Gasteiger partial charge in [-0.25, -0.2) is 13.2 Å². The van der Waals surface area contributed by atoms with E-state index >= 15 is 0 Å². The van der Waals surface area contributed by atoms with Gasteiger partial charge in [-0.1, -0.05) is 11.6 Å². The maximum absolute atomic E-state index is 12.6. The van der Waals surface area contributed by atoms with E-state index in [-0.39, 0.29) is 23.5 Å². The Morgan fingerprint density at radius 2 is 1.57 bits per heavy atom. The molecule has 0 radical (unpaired) electrons. The Labute approximate surface area is 167 Å². The molecule has 2 aromatic rings. The van der Waals surface area contributed by atoms with E-state index in [1.54, 1.807) is 24.3 Å². The first-order valence-electron chi connectivity index (χ1n) is 8.42. The zero-order valence-corrected chi connectivity index (χ0v) is 16.3. The van der Waals surface area contributed by atoms with Gasteiger partial charge in [0.05, 0.1) is 18.1 Å². The van der Waals surface area contributed by atoms with Crippen LogP contribution in [0.5, 0.6) is 0 Å². The number of halogens is 1. The SMILES string of the molecule is O=C(NC(=O)c1ccc(S(=O)(=O)N2CCOCC2)cc1)Nc1ccc(Cl)cc1. The molecule has 3 amide bonds. The van der Waals surface area contributed by atoms with Crippen LogP contribution in [-0.2, 0) is 14.8 Å². The Balaban J connectivity index is 1.63. The monoisotopic (exact) mass is 423 g/mol. The third kappa shape index (κ3) is 4.87. The Kier molecular flexibility index (Phi) is 6.30. The van der Waals surface area contributed by atoms with E-state index in [4.69, 9.17) is 16.3 Å². The van der Waals surface area contributed by atoms with Crippen molar-refractivity contribution in [2.24, 2.45) is 0 Å². The molecule has 8 nitrogen and oxygen atoms in total. The highest BCUT2D eigenvalue weighted by atomic mass is 35.5. The number of carbonyl (C=O) groups excluding carboxylic acids is 2. The summed E-state index contributed by atoms with van der Waals surface area (Å²) < 4.78 is 31.6. The van der Waals surface area contributed by atoms with E-state index in [1.807, 2.05) is 0 Å². The van der Waals surface area contributed by atoms with E-state index in [0.29, 0.717) is 23.9 Å². The van der Waals surface area contributed by atoms with Crippen LogP contribution in [0.2, 0.25) is 5.02 Å². The Morgan fingerprint density at radius 1 is 0.964 bits per heavy atom. The Hall–Kier alpha value is -2.46. The smallest absolute Gasteiger partial charge is 0.326 e. The number of carbonyl (C=O) groups is 2. The summed E-state index contributed by atoms with van der Waals surface area (Å²) in [5.74, 6) is -0.651. The first-order valence-corrected chi connectivity index (χ1v) is 10.2. The summed E-state index contributed by atoms with van der Waals surface area (Å²) in [6, 6.07) is 11.1. The summed E-state index contributed by atoms with van der Waals surface area (Å²) in [5.41, 5.74) is 0.633. The molecule has 0 aromatic heterocycles. The molecular weight excluding hydrogens is 406 g/mol. The number of anilines is 1. The zero-order valence-electron chi connectivity index (χ0n) is 14.7. The summed E-state index contributed by atoms with van der Waals surface area (Å²) >= 11 is 5.77. The van der Waals surface area contributed by atoms with E-state index in [1.165, 1.54) is 28.6 Å². The molecule has 0 bridgehead atoms. The van der Waals surface area contributed by atoms with Crippen LogP contribution in [0.1, 0.15) is 10.4 Å². The van der Waals surface area contributed by atoms with Gasteiger partial charge in [0, 0.05) is 29.4 Å². The summed E-state index contributed by atoms with van der Waals surface area (Å²) in [5, 5.41) is 5.21. The summed E-state index contributed by atoms with van der Waals surface area (Å²) in [6.45, 7) is 1.27. The van der Waals surface area contributed by atoms with Gasteiger partial charge in [0.25, 0.3) is 5.91 Å². The van der Waals surface area contributed by atoms with Crippen LogP contribution in [0.25, 0.3) is 0 Å². The molecule has 1 fully saturated rings. The number of nitrogens with zero attached hydrogens (tertiary/aromatic N) is 1. The second-order valence-electron chi connectivity index (χ2n) is 5.96. The summed E-state index contributed by atoms with van der Waals surface area (Å²) in [6.07, 6.45) is 0. The zero-order chi connectivity index (χ0) is 20.1. The first-order chi connectivity index (χ1) is 13.4. The van der Waals surface area contributed by atoms with Gasteiger partial charge in [0.1, 0.15) is 0 Å². The molecule has 0 atom stereocenters. The fourth-order valence-corrected chi connectivity index (χ4v) is 4.12. The quantitative estimate of drug-likeness (QED) is 0.785. The lowest BCUT2D eigenvalue weighted by Gasteiger charge is -2.26. The topological polar surface area (TPSA) is 105 Å². The highest BCUT2D eigenvalue weighted by Crippen LogP contribution is 2.18. The molecule has 1 aliphatic heterocycles. The number of ether oxygens (including phenoxy) is 1. The lowest BCUT2D eigenvalue weighted by atomic mass is 10.2. The van der Waals surface area contributed by atoms with Crippen LogP contribution in [0.3, 0.4) is 0 Å². The highest BCUT2D eigenvalue weighted by molar-refractivity contribution is 7.89. The maximum atomic E-state index is 12.6. The van der Waals surface area contributed by atoms with E-state index in [9.17, 15) is 18.0 Å². The number of sulfonamides is 1. The number of hydrogen-bond donors (Lipinski definition) is 2. The molecule has 28 heavy (non-hydrogen) atoms. The number of hydrogen-bond acceptors (Lipinski definition) is 5. The molecule has 2 N–H and O–H groups in total. The predicted molar refractivity (Wildman–Crippen MR) is 104 cm³/mol. The fourth-order valence-electron chi connectivity index (χ4n) is 2.59. The average molecular weight is 424 g/mol. The molecule has 1 saturated heterocycles. The minimum absolute atomic E-state index is 0.0802. The largest absolute Gasteiger partial charge is 0.379 e.